The maximum atomic E-state index is 12.5. The van der Waals surface area contributed by atoms with Gasteiger partial charge in [-0.1, -0.05) is 13.8 Å². The number of hydrogen-bond acceptors (Lipinski definition) is 6. The predicted octanol–water partition coefficient (Wildman–Crippen LogP) is 3.88. The van der Waals surface area contributed by atoms with Gasteiger partial charge in [0, 0.05) is 26.3 Å². The molecule has 8 nitrogen and oxygen atoms in total. The molecular formula is C23H30N4O4S. The molecule has 0 aliphatic carbocycles. The van der Waals surface area contributed by atoms with E-state index in [2.05, 4.69) is 16.8 Å². The Morgan fingerprint density at radius 1 is 1.09 bits per heavy atom. The minimum Gasteiger partial charge on any atom is -0.462 e. The van der Waals surface area contributed by atoms with Crippen LogP contribution in [-0.2, 0) is 27.8 Å². The number of imidazole rings is 1. The third-order valence-corrected chi connectivity index (χ3v) is 6.84. The van der Waals surface area contributed by atoms with Gasteiger partial charge in [-0.15, -0.1) is 0 Å². The van der Waals surface area contributed by atoms with Crippen LogP contribution < -0.4 is 5.32 Å². The zero-order valence-corrected chi connectivity index (χ0v) is 19.8. The number of sulfonamides is 1. The van der Waals surface area contributed by atoms with Gasteiger partial charge in [0.1, 0.15) is 5.82 Å². The molecule has 0 unspecified atom stereocenters. The van der Waals surface area contributed by atoms with E-state index in [9.17, 15) is 13.2 Å². The number of nitrogens with zero attached hydrogens (tertiary/aromatic N) is 3. The van der Waals surface area contributed by atoms with Gasteiger partial charge in [0.15, 0.2) is 0 Å². The third kappa shape index (κ3) is 5.11. The molecule has 0 amide bonds. The van der Waals surface area contributed by atoms with E-state index in [0.717, 1.165) is 36.4 Å². The van der Waals surface area contributed by atoms with Crippen LogP contribution in [0.3, 0.4) is 0 Å². The zero-order chi connectivity index (χ0) is 23.3. The van der Waals surface area contributed by atoms with Crippen LogP contribution in [0.4, 0.5) is 5.69 Å². The molecule has 1 aromatic heterocycles. The topological polar surface area (TPSA) is 93.5 Å². The molecule has 0 aliphatic rings. The van der Waals surface area contributed by atoms with E-state index in [1.54, 1.807) is 24.3 Å². The molecule has 2 aromatic carbocycles. The fraction of sp³-hybridized carbons (Fsp3) is 0.391. The minimum absolute atomic E-state index is 0.223. The van der Waals surface area contributed by atoms with Crippen LogP contribution in [0.25, 0.3) is 11.0 Å². The van der Waals surface area contributed by atoms with E-state index in [1.165, 1.54) is 18.4 Å². The average Bonchev–Trinajstić information content (AvgIpc) is 3.13. The van der Waals surface area contributed by atoms with Crippen molar-refractivity contribution < 1.29 is 17.9 Å². The molecule has 0 saturated carbocycles. The standard InChI is InChI=1S/C23H30N4O4S/c1-5-13-27-21-12-11-19(32(29,30)26(3)4)15-20(21)25-22(27)16-24-18-9-7-17(8-10-18)23(28)31-14-6-2/h7-12,15,24H,5-6,13-14,16H2,1-4H3. The van der Waals surface area contributed by atoms with Crippen LogP contribution in [0.15, 0.2) is 47.4 Å². The smallest absolute Gasteiger partial charge is 0.338 e. The van der Waals surface area contributed by atoms with Crippen molar-refractivity contribution in [3.8, 4) is 0 Å². The van der Waals surface area contributed by atoms with Crippen molar-refractivity contribution in [2.24, 2.45) is 0 Å². The third-order valence-electron chi connectivity index (χ3n) is 5.03. The first kappa shape index (κ1) is 23.7. The molecule has 0 atom stereocenters. The Morgan fingerprint density at radius 3 is 2.44 bits per heavy atom. The number of rotatable bonds is 10. The normalized spacial score (nSPS) is 11.8. The summed E-state index contributed by atoms with van der Waals surface area (Å²) in [5.41, 5.74) is 2.91. The highest BCUT2D eigenvalue weighted by atomic mass is 32.2. The first-order valence-electron chi connectivity index (χ1n) is 10.7. The number of hydrogen-bond donors (Lipinski definition) is 1. The highest BCUT2D eigenvalue weighted by Gasteiger charge is 2.19. The highest BCUT2D eigenvalue weighted by Crippen LogP contribution is 2.23. The largest absolute Gasteiger partial charge is 0.462 e. The van der Waals surface area contributed by atoms with Crippen LogP contribution in [0.5, 0.6) is 0 Å². The number of carbonyl (C=O) groups is 1. The Labute approximate surface area is 189 Å². The maximum absolute atomic E-state index is 12.5. The maximum Gasteiger partial charge on any atom is 0.338 e. The molecule has 0 radical (unpaired) electrons. The second-order valence-electron chi connectivity index (χ2n) is 7.68. The fourth-order valence-electron chi connectivity index (χ4n) is 3.32. The molecule has 32 heavy (non-hydrogen) atoms. The van der Waals surface area contributed by atoms with Gasteiger partial charge < -0.3 is 14.6 Å². The lowest BCUT2D eigenvalue weighted by Crippen LogP contribution is -2.22. The molecule has 0 saturated heterocycles. The second-order valence-corrected chi connectivity index (χ2v) is 9.84. The molecule has 172 valence electrons. The molecule has 1 heterocycles. The van der Waals surface area contributed by atoms with Crippen LogP contribution in [0.2, 0.25) is 0 Å². The first-order valence-corrected chi connectivity index (χ1v) is 12.1. The summed E-state index contributed by atoms with van der Waals surface area (Å²) in [7, 11) is -0.500. The number of anilines is 1. The number of aryl methyl sites for hydroxylation is 1. The summed E-state index contributed by atoms with van der Waals surface area (Å²) in [6.45, 7) is 5.68. The average molecular weight is 459 g/mol. The SMILES string of the molecule is CCCOC(=O)c1ccc(NCc2nc3cc(S(=O)(=O)N(C)C)ccc3n2CCC)cc1. The van der Waals surface area contributed by atoms with E-state index in [-0.39, 0.29) is 10.9 Å². The van der Waals surface area contributed by atoms with Crippen LogP contribution >= 0.6 is 0 Å². The van der Waals surface area contributed by atoms with E-state index >= 15 is 0 Å². The van der Waals surface area contributed by atoms with Gasteiger partial charge in [0.25, 0.3) is 0 Å². The number of carbonyl (C=O) groups excluding carboxylic acids is 1. The van der Waals surface area contributed by atoms with Gasteiger partial charge in [-0.25, -0.2) is 22.5 Å². The number of nitrogens with one attached hydrogen (secondary N) is 1. The van der Waals surface area contributed by atoms with Crippen molar-refractivity contribution in [1.82, 2.24) is 13.9 Å². The molecular weight excluding hydrogens is 428 g/mol. The van der Waals surface area contributed by atoms with Crippen molar-refractivity contribution >= 4 is 32.7 Å². The number of esters is 1. The Hall–Kier alpha value is -2.91. The van der Waals surface area contributed by atoms with Crippen LogP contribution in [0, 0.1) is 0 Å². The van der Waals surface area contributed by atoms with Crippen molar-refractivity contribution in [2.75, 3.05) is 26.0 Å². The second kappa shape index (κ2) is 10.1. The Kier molecular flexibility index (Phi) is 7.52. The summed E-state index contributed by atoms with van der Waals surface area (Å²) < 4.78 is 33.4. The zero-order valence-electron chi connectivity index (χ0n) is 19.0. The van der Waals surface area contributed by atoms with Crippen molar-refractivity contribution in [1.29, 1.82) is 0 Å². The van der Waals surface area contributed by atoms with Crippen LogP contribution in [0.1, 0.15) is 42.9 Å². The molecule has 0 fully saturated rings. The van der Waals surface area contributed by atoms with E-state index < -0.39 is 10.0 Å². The van der Waals surface area contributed by atoms with E-state index in [4.69, 9.17) is 9.72 Å². The summed E-state index contributed by atoms with van der Waals surface area (Å²) >= 11 is 0. The first-order chi connectivity index (χ1) is 15.3. The van der Waals surface area contributed by atoms with E-state index in [1.807, 2.05) is 25.1 Å². The Bertz CT molecular complexity index is 1180. The lowest BCUT2D eigenvalue weighted by molar-refractivity contribution is 0.0505. The predicted molar refractivity (Wildman–Crippen MR) is 125 cm³/mol. The summed E-state index contributed by atoms with van der Waals surface area (Å²) in [5.74, 6) is 0.485. The Morgan fingerprint density at radius 2 is 1.81 bits per heavy atom. The van der Waals surface area contributed by atoms with Crippen molar-refractivity contribution in [3.63, 3.8) is 0 Å². The Balaban J connectivity index is 1.82. The minimum atomic E-state index is -3.53. The quantitative estimate of drug-likeness (QED) is 0.464. The number of fused-ring (bicyclic) bond motifs is 1. The van der Waals surface area contributed by atoms with Gasteiger partial charge >= 0.3 is 5.97 Å². The lowest BCUT2D eigenvalue weighted by Gasteiger charge is -2.12. The van der Waals surface area contributed by atoms with Gasteiger partial charge in [0.2, 0.25) is 10.0 Å². The molecule has 9 heteroatoms. The number of ether oxygens (including phenoxy) is 1. The summed E-state index contributed by atoms with van der Waals surface area (Å²) in [6.07, 6.45) is 1.71. The van der Waals surface area contributed by atoms with Crippen molar-refractivity contribution in [2.45, 2.75) is 44.7 Å². The van der Waals surface area contributed by atoms with Gasteiger partial charge in [-0.05, 0) is 55.3 Å². The number of benzene rings is 2. The molecule has 0 bridgehead atoms. The van der Waals surface area contributed by atoms with Crippen LogP contribution in [-0.4, -0.2) is 48.9 Å². The molecule has 0 spiro atoms. The van der Waals surface area contributed by atoms with Crippen molar-refractivity contribution in [3.05, 3.63) is 53.9 Å². The summed E-state index contributed by atoms with van der Waals surface area (Å²) in [4.78, 5) is 16.9. The molecule has 3 aromatic rings. The van der Waals surface area contributed by atoms with Gasteiger partial charge in [0.05, 0.1) is 34.6 Å². The van der Waals surface area contributed by atoms with E-state index in [0.29, 0.717) is 24.2 Å². The summed E-state index contributed by atoms with van der Waals surface area (Å²) in [6, 6.07) is 12.2. The monoisotopic (exact) mass is 458 g/mol. The van der Waals surface area contributed by atoms with Gasteiger partial charge in [-0.2, -0.15) is 0 Å². The molecule has 1 N–H and O–H groups in total. The lowest BCUT2D eigenvalue weighted by atomic mass is 10.2. The molecule has 0 aliphatic heterocycles. The number of aromatic nitrogens is 2. The van der Waals surface area contributed by atoms with Gasteiger partial charge in [-0.3, -0.25) is 0 Å². The summed E-state index contributed by atoms with van der Waals surface area (Å²) in [5, 5.41) is 3.33. The highest BCUT2D eigenvalue weighted by molar-refractivity contribution is 7.89. The fourth-order valence-corrected chi connectivity index (χ4v) is 4.24. The molecule has 3 rings (SSSR count).